The molecule has 1 aliphatic rings. The number of aliphatic hydroxyl groups excluding tert-OH is 1. The Morgan fingerprint density at radius 2 is 2.56 bits per heavy atom. The summed E-state index contributed by atoms with van der Waals surface area (Å²) in [6.45, 7) is 2.77. The SMILES string of the molecule is CC1OC=CN1CCO. The van der Waals surface area contributed by atoms with Gasteiger partial charge in [-0.3, -0.25) is 0 Å². The number of hydrogen-bond donors (Lipinski definition) is 1. The van der Waals surface area contributed by atoms with Crippen molar-refractivity contribution in [1.82, 2.24) is 4.90 Å². The molecule has 3 heteroatoms. The maximum atomic E-state index is 8.51. The Labute approximate surface area is 54.5 Å². The van der Waals surface area contributed by atoms with E-state index in [4.69, 9.17) is 9.84 Å². The average Bonchev–Trinajstić information content (AvgIpc) is 2.18. The van der Waals surface area contributed by atoms with E-state index in [0.29, 0.717) is 6.54 Å². The third-order valence-corrected chi connectivity index (χ3v) is 1.35. The number of nitrogens with zero attached hydrogens (tertiary/aromatic N) is 1. The van der Waals surface area contributed by atoms with Gasteiger partial charge in [0, 0.05) is 12.7 Å². The van der Waals surface area contributed by atoms with Crippen molar-refractivity contribution < 1.29 is 9.84 Å². The molecule has 1 aliphatic heterocycles. The molecule has 0 fully saturated rings. The molecule has 0 aromatic heterocycles. The molecule has 0 amide bonds. The predicted molar refractivity (Wildman–Crippen MR) is 33.5 cm³/mol. The van der Waals surface area contributed by atoms with Crippen LogP contribution >= 0.6 is 0 Å². The molecule has 1 unspecified atom stereocenters. The molecule has 1 N–H and O–H groups in total. The van der Waals surface area contributed by atoms with Crippen molar-refractivity contribution in [2.45, 2.75) is 13.2 Å². The Hall–Kier alpha value is -0.700. The lowest BCUT2D eigenvalue weighted by molar-refractivity contribution is 0.0632. The first-order chi connectivity index (χ1) is 4.34. The van der Waals surface area contributed by atoms with Crippen LogP contribution in [-0.4, -0.2) is 29.4 Å². The first-order valence-electron chi connectivity index (χ1n) is 3.03. The normalized spacial score (nSPS) is 24.7. The Balaban J connectivity index is 2.31. The van der Waals surface area contributed by atoms with Crippen LogP contribution in [0.1, 0.15) is 6.92 Å². The third-order valence-electron chi connectivity index (χ3n) is 1.35. The van der Waals surface area contributed by atoms with Crippen LogP contribution in [-0.2, 0) is 4.74 Å². The molecule has 0 bridgehead atoms. The topological polar surface area (TPSA) is 32.7 Å². The van der Waals surface area contributed by atoms with Crippen molar-refractivity contribution in [3.05, 3.63) is 12.5 Å². The molecule has 3 nitrogen and oxygen atoms in total. The largest absolute Gasteiger partial charge is 0.477 e. The molecule has 52 valence electrons. The highest BCUT2D eigenvalue weighted by molar-refractivity contribution is 4.83. The van der Waals surface area contributed by atoms with Crippen molar-refractivity contribution in [3.8, 4) is 0 Å². The maximum Gasteiger partial charge on any atom is 0.168 e. The van der Waals surface area contributed by atoms with Crippen molar-refractivity contribution in [2.75, 3.05) is 13.2 Å². The van der Waals surface area contributed by atoms with Gasteiger partial charge in [0.2, 0.25) is 0 Å². The van der Waals surface area contributed by atoms with E-state index in [-0.39, 0.29) is 12.8 Å². The Morgan fingerprint density at radius 1 is 1.78 bits per heavy atom. The van der Waals surface area contributed by atoms with E-state index in [1.165, 1.54) is 0 Å². The zero-order chi connectivity index (χ0) is 6.69. The second-order valence-electron chi connectivity index (χ2n) is 1.98. The van der Waals surface area contributed by atoms with Gasteiger partial charge in [0.05, 0.1) is 6.61 Å². The van der Waals surface area contributed by atoms with Crippen molar-refractivity contribution in [1.29, 1.82) is 0 Å². The Bertz CT molecular complexity index is 114. The van der Waals surface area contributed by atoms with Crippen LogP contribution in [0.3, 0.4) is 0 Å². The van der Waals surface area contributed by atoms with Gasteiger partial charge in [-0.15, -0.1) is 0 Å². The third kappa shape index (κ3) is 1.36. The lowest BCUT2D eigenvalue weighted by Gasteiger charge is -2.18. The molecule has 0 aromatic carbocycles. The second kappa shape index (κ2) is 2.73. The van der Waals surface area contributed by atoms with Crippen LogP contribution in [0.2, 0.25) is 0 Å². The van der Waals surface area contributed by atoms with Crippen LogP contribution in [0.25, 0.3) is 0 Å². The predicted octanol–water partition coefficient (Wildman–Crippen LogP) is 0.128. The standard InChI is InChI=1S/C6H11NO2/c1-6-7(2-4-8)3-5-9-6/h3,5-6,8H,2,4H2,1H3. The van der Waals surface area contributed by atoms with E-state index in [1.807, 2.05) is 18.0 Å². The molecule has 0 saturated carbocycles. The zero-order valence-corrected chi connectivity index (χ0v) is 5.45. The van der Waals surface area contributed by atoms with Gasteiger partial charge in [-0.2, -0.15) is 0 Å². The van der Waals surface area contributed by atoms with Gasteiger partial charge in [-0.25, -0.2) is 0 Å². The molecule has 1 rings (SSSR count). The summed E-state index contributed by atoms with van der Waals surface area (Å²) >= 11 is 0. The fraction of sp³-hybridized carbons (Fsp3) is 0.667. The lowest BCUT2D eigenvalue weighted by atomic mass is 10.5. The summed E-state index contributed by atoms with van der Waals surface area (Å²) in [5.74, 6) is 0. The lowest BCUT2D eigenvalue weighted by Crippen LogP contribution is -2.27. The summed E-state index contributed by atoms with van der Waals surface area (Å²) in [4.78, 5) is 1.93. The van der Waals surface area contributed by atoms with Crippen LogP contribution in [0.15, 0.2) is 12.5 Å². The number of ether oxygens (including phenoxy) is 1. The highest BCUT2D eigenvalue weighted by atomic mass is 16.5. The summed E-state index contributed by atoms with van der Waals surface area (Å²) in [7, 11) is 0. The minimum Gasteiger partial charge on any atom is -0.477 e. The Morgan fingerprint density at radius 3 is 3.00 bits per heavy atom. The number of β-amino-alcohol motifs (C(OH)–C–C–N with tert-alkyl or cyclic N) is 1. The highest BCUT2D eigenvalue weighted by Gasteiger charge is 2.12. The Kier molecular flexibility index (Phi) is 1.95. The minimum absolute atomic E-state index is 0.0946. The van der Waals surface area contributed by atoms with Crippen molar-refractivity contribution in [2.24, 2.45) is 0 Å². The fourth-order valence-corrected chi connectivity index (χ4v) is 0.798. The van der Waals surface area contributed by atoms with Gasteiger partial charge in [0.15, 0.2) is 6.23 Å². The molecule has 0 radical (unpaired) electrons. The van der Waals surface area contributed by atoms with Crippen molar-refractivity contribution in [3.63, 3.8) is 0 Å². The minimum atomic E-state index is 0.0946. The fourth-order valence-electron chi connectivity index (χ4n) is 0.798. The van der Waals surface area contributed by atoms with Gasteiger partial charge >= 0.3 is 0 Å². The van der Waals surface area contributed by atoms with Gasteiger partial charge < -0.3 is 14.7 Å². The van der Waals surface area contributed by atoms with E-state index < -0.39 is 0 Å². The van der Waals surface area contributed by atoms with Crippen LogP contribution in [0.4, 0.5) is 0 Å². The molecule has 1 atom stereocenters. The zero-order valence-electron chi connectivity index (χ0n) is 5.45. The second-order valence-corrected chi connectivity index (χ2v) is 1.98. The molecule has 9 heavy (non-hydrogen) atoms. The first kappa shape index (κ1) is 6.42. The van der Waals surface area contributed by atoms with E-state index >= 15 is 0 Å². The van der Waals surface area contributed by atoms with Crippen molar-refractivity contribution >= 4 is 0 Å². The van der Waals surface area contributed by atoms with Crippen LogP contribution in [0.5, 0.6) is 0 Å². The van der Waals surface area contributed by atoms with Crippen LogP contribution < -0.4 is 0 Å². The van der Waals surface area contributed by atoms with Gasteiger partial charge in [-0.1, -0.05) is 0 Å². The molecule has 0 saturated heterocycles. The highest BCUT2D eigenvalue weighted by Crippen LogP contribution is 2.08. The smallest absolute Gasteiger partial charge is 0.168 e. The summed E-state index contributed by atoms with van der Waals surface area (Å²) in [5, 5.41) is 8.51. The molecule has 0 aliphatic carbocycles. The average molecular weight is 129 g/mol. The number of rotatable bonds is 2. The number of hydrogen-bond acceptors (Lipinski definition) is 3. The molecule has 0 spiro atoms. The summed E-state index contributed by atoms with van der Waals surface area (Å²) in [5.41, 5.74) is 0. The quantitative estimate of drug-likeness (QED) is 0.575. The maximum absolute atomic E-state index is 8.51. The molecule has 1 heterocycles. The van der Waals surface area contributed by atoms with E-state index in [0.717, 1.165) is 0 Å². The van der Waals surface area contributed by atoms with E-state index in [2.05, 4.69) is 0 Å². The van der Waals surface area contributed by atoms with Gasteiger partial charge in [0.1, 0.15) is 6.26 Å². The molecule has 0 aromatic rings. The summed E-state index contributed by atoms with van der Waals surface area (Å²) in [6.07, 6.45) is 3.57. The monoisotopic (exact) mass is 129 g/mol. The van der Waals surface area contributed by atoms with Crippen LogP contribution in [0, 0.1) is 0 Å². The first-order valence-corrected chi connectivity index (χ1v) is 3.03. The van der Waals surface area contributed by atoms with E-state index in [9.17, 15) is 0 Å². The summed E-state index contributed by atoms with van der Waals surface area (Å²) in [6, 6.07) is 0. The summed E-state index contributed by atoms with van der Waals surface area (Å²) < 4.78 is 5.05. The van der Waals surface area contributed by atoms with Gasteiger partial charge in [-0.05, 0) is 6.92 Å². The van der Waals surface area contributed by atoms with Gasteiger partial charge in [0.25, 0.3) is 0 Å². The molecular weight excluding hydrogens is 118 g/mol. The number of aliphatic hydroxyl groups is 1. The molecular formula is C6H11NO2. The van der Waals surface area contributed by atoms with E-state index in [1.54, 1.807) is 6.26 Å².